The molecule has 374 valence electrons. The van der Waals surface area contributed by atoms with Crippen molar-refractivity contribution in [2.24, 2.45) is 0 Å². The van der Waals surface area contributed by atoms with Crippen LogP contribution >= 0.6 is 0 Å². The summed E-state index contributed by atoms with van der Waals surface area (Å²) < 4.78 is 26.5. The van der Waals surface area contributed by atoms with E-state index in [2.05, 4.69) is 42.0 Å². The second kappa shape index (κ2) is 28.8. The third-order valence-corrected chi connectivity index (χ3v) is 10.2. The fraction of sp³-hybridized carbons (Fsp3) is 0.467. The molecule has 4 rings (SSSR count). The van der Waals surface area contributed by atoms with Gasteiger partial charge >= 0.3 is 5.97 Å². The fourth-order valence-corrected chi connectivity index (χ4v) is 6.70. The second-order valence-corrected chi connectivity index (χ2v) is 15.3. The molecular formula is C45H58N8O16. The van der Waals surface area contributed by atoms with E-state index in [-0.39, 0.29) is 102 Å². The molecule has 8 N–H and O–H groups in total. The largest absolute Gasteiger partial charge is 0.508 e. The summed E-state index contributed by atoms with van der Waals surface area (Å²) in [7, 11) is 1.20. The third kappa shape index (κ3) is 18.4. The van der Waals surface area contributed by atoms with Crippen LogP contribution in [0.1, 0.15) is 52.5 Å². The smallest absolute Gasteiger partial charge is 0.330 e. The number of anilines is 1. The van der Waals surface area contributed by atoms with Crippen molar-refractivity contribution in [2.45, 2.75) is 50.7 Å². The Labute approximate surface area is 396 Å². The van der Waals surface area contributed by atoms with Gasteiger partial charge < -0.3 is 60.7 Å². The number of carbonyl (C=O) groups excluding carboxylic acids is 10. The van der Waals surface area contributed by atoms with Gasteiger partial charge in [-0.2, -0.15) is 0 Å². The van der Waals surface area contributed by atoms with Crippen LogP contribution < -0.4 is 37.2 Å². The highest BCUT2D eigenvalue weighted by Crippen LogP contribution is 2.32. The number of esters is 1. The number of nitrogens with one attached hydrogen (secondary N) is 7. The van der Waals surface area contributed by atoms with Gasteiger partial charge in [0.2, 0.25) is 41.4 Å². The normalized spacial score (nSPS) is 15.2. The average molecular weight is 967 g/mol. The number of fused-ring (bicyclic) bond motifs is 1. The molecule has 1 saturated heterocycles. The summed E-state index contributed by atoms with van der Waals surface area (Å²) in [5.41, 5.74) is 1.47. The molecule has 0 saturated carbocycles. The van der Waals surface area contributed by atoms with Gasteiger partial charge in [-0.1, -0.05) is 24.3 Å². The van der Waals surface area contributed by atoms with Gasteiger partial charge in [-0.05, 0) is 49.1 Å². The van der Waals surface area contributed by atoms with E-state index in [1.807, 2.05) is 0 Å². The molecule has 2 aliphatic heterocycles. The van der Waals surface area contributed by atoms with Crippen molar-refractivity contribution in [1.82, 2.24) is 36.8 Å². The summed E-state index contributed by atoms with van der Waals surface area (Å²) >= 11 is 0. The van der Waals surface area contributed by atoms with Gasteiger partial charge in [-0.3, -0.25) is 53.4 Å². The van der Waals surface area contributed by atoms with Crippen molar-refractivity contribution in [1.29, 1.82) is 0 Å². The van der Waals surface area contributed by atoms with Crippen LogP contribution in [0.25, 0.3) is 0 Å². The molecule has 1 unspecified atom stereocenters. The maximum Gasteiger partial charge on any atom is 0.330 e. The number of phenolic OH excluding ortho intramolecular Hbond substituents is 1. The lowest BCUT2D eigenvalue weighted by molar-refractivity contribution is -0.137. The fourth-order valence-electron chi connectivity index (χ4n) is 6.70. The summed E-state index contributed by atoms with van der Waals surface area (Å²) in [6.07, 6.45) is 2.89. The lowest BCUT2D eigenvalue weighted by atomic mass is 10.0. The number of aromatic hydroxyl groups is 1. The number of hydrogen-bond acceptors (Lipinski definition) is 17. The van der Waals surface area contributed by atoms with Gasteiger partial charge in [0, 0.05) is 44.7 Å². The minimum Gasteiger partial charge on any atom is -0.508 e. The Morgan fingerprint density at radius 1 is 0.797 bits per heavy atom. The van der Waals surface area contributed by atoms with Crippen LogP contribution in [0.4, 0.5) is 5.69 Å². The van der Waals surface area contributed by atoms with Crippen molar-refractivity contribution in [2.75, 3.05) is 91.5 Å². The van der Waals surface area contributed by atoms with E-state index >= 15 is 0 Å². The lowest BCUT2D eigenvalue weighted by Gasteiger charge is -2.27. The zero-order valence-corrected chi connectivity index (χ0v) is 38.3. The molecule has 24 nitrogen and oxygen atoms in total. The van der Waals surface area contributed by atoms with Crippen molar-refractivity contribution < 1.29 is 76.7 Å². The van der Waals surface area contributed by atoms with Crippen LogP contribution in [0.2, 0.25) is 0 Å². The Kier molecular flexibility index (Phi) is 22.7. The van der Waals surface area contributed by atoms with E-state index in [0.29, 0.717) is 12.2 Å². The Hall–Kier alpha value is -7.28. The quantitative estimate of drug-likeness (QED) is 0.0181. The number of methoxy groups -OCH3 is 1. The summed E-state index contributed by atoms with van der Waals surface area (Å²) in [6, 6.07) is 7.43. The van der Waals surface area contributed by atoms with Gasteiger partial charge in [0.05, 0.1) is 71.0 Å². The van der Waals surface area contributed by atoms with Gasteiger partial charge in [0.1, 0.15) is 30.5 Å². The van der Waals surface area contributed by atoms with Gasteiger partial charge in [-0.15, -0.1) is 0 Å². The summed E-state index contributed by atoms with van der Waals surface area (Å²) in [5, 5.41) is 27.4. The predicted molar refractivity (Wildman–Crippen MR) is 241 cm³/mol. The maximum absolute atomic E-state index is 13.6. The number of piperidine rings is 1. The number of rotatable bonds is 30. The second-order valence-electron chi connectivity index (χ2n) is 15.3. The third-order valence-electron chi connectivity index (χ3n) is 10.2. The van der Waals surface area contributed by atoms with Crippen LogP contribution in [0.3, 0.4) is 0 Å². The number of imide groups is 2. The zero-order valence-electron chi connectivity index (χ0n) is 38.3. The highest BCUT2D eigenvalue weighted by molar-refractivity contribution is 6.25. The molecule has 0 radical (unpaired) electrons. The Morgan fingerprint density at radius 2 is 1.48 bits per heavy atom. The first-order valence-electron chi connectivity index (χ1n) is 22.0. The monoisotopic (exact) mass is 966 g/mol. The van der Waals surface area contributed by atoms with E-state index < -0.39 is 90.4 Å². The van der Waals surface area contributed by atoms with Gasteiger partial charge in [0.25, 0.3) is 11.8 Å². The summed E-state index contributed by atoms with van der Waals surface area (Å²) in [4.78, 5) is 126. The zero-order chi connectivity index (χ0) is 50.1. The molecule has 69 heavy (non-hydrogen) atoms. The molecule has 0 aliphatic carbocycles. The first-order valence-corrected chi connectivity index (χ1v) is 22.0. The predicted octanol–water partition coefficient (Wildman–Crippen LogP) is -2.03. The number of carbonyl (C=O) groups is 10. The Morgan fingerprint density at radius 3 is 2.14 bits per heavy atom. The van der Waals surface area contributed by atoms with Crippen molar-refractivity contribution in [3.05, 3.63) is 71.3 Å². The van der Waals surface area contributed by atoms with E-state index in [4.69, 9.17) is 18.9 Å². The van der Waals surface area contributed by atoms with Gasteiger partial charge in [-0.25, -0.2) is 4.79 Å². The lowest BCUT2D eigenvalue weighted by Crippen LogP contribution is -2.58. The van der Waals surface area contributed by atoms with Crippen molar-refractivity contribution in [3.63, 3.8) is 0 Å². The van der Waals surface area contributed by atoms with E-state index in [1.54, 1.807) is 24.3 Å². The molecule has 2 aliphatic rings. The molecule has 2 heterocycles. The van der Waals surface area contributed by atoms with Crippen molar-refractivity contribution >= 4 is 64.8 Å². The number of aryl methyl sites for hydroxylation is 1. The molecular weight excluding hydrogens is 909 g/mol. The van der Waals surface area contributed by atoms with Crippen LogP contribution in [-0.2, 0) is 68.5 Å². The topological polar surface area (TPSA) is 325 Å². The standard InChI is InChI=1S/C45H58N8O16/c1-28(54)48-25-34(41(60)49-26-37(57)47-16-4-7-39(59)65-2)51-42(61)33(13-10-29-8-11-30(55)12-9-29)50-38(58)27-69-24-23-68-22-21-67-20-19-66-18-17-46-32-6-3-5-31-40(32)45(64)53(44(31)63)35-14-15-36(56)52-43(35)62/h3-9,11-12,33-35,46,55H,10,13-27H2,1-2H3,(H,47,57)(H,48,54)(H,49,60)(H,50,58)(H,51,61)(H,52,56,62)/b7-4-/t33-,34-,35?/m0/s1. The first kappa shape index (κ1) is 54.3. The molecule has 9 amide bonds. The molecule has 24 heteroatoms. The molecule has 3 atom stereocenters. The van der Waals surface area contributed by atoms with E-state index in [0.717, 1.165) is 16.5 Å². The Balaban J connectivity index is 1.12. The van der Waals surface area contributed by atoms with Gasteiger partial charge in [0.15, 0.2) is 0 Å². The van der Waals surface area contributed by atoms with Crippen LogP contribution in [0.5, 0.6) is 5.75 Å². The SMILES string of the molecule is COC(=O)/C=C\CNC(=O)CNC(=O)[C@H](CNC(C)=O)NC(=O)[C@H](CCc1ccc(O)cc1)NC(=O)COCCOCCOCCOCCNc1cccc2c1C(=O)N(C1CCC(=O)NC1=O)C2=O. The Bertz CT molecular complexity index is 2190. The highest BCUT2D eigenvalue weighted by Gasteiger charge is 2.45. The molecule has 0 spiro atoms. The number of amides is 9. The maximum atomic E-state index is 13.6. The molecule has 2 aromatic carbocycles. The number of phenols is 1. The van der Waals surface area contributed by atoms with Crippen LogP contribution in [0, 0.1) is 0 Å². The first-order chi connectivity index (χ1) is 33.2. The molecule has 2 aromatic rings. The minimum absolute atomic E-state index is 0.0229. The van der Waals surface area contributed by atoms with Crippen molar-refractivity contribution in [3.8, 4) is 5.75 Å². The summed E-state index contributed by atoms with van der Waals surface area (Å²) in [5.74, 6) is -6.23. The highest BCUT2D eigenvalue weighted by atomic mass is 16.6. The molecule has 1 fully saturated rings. The van der Waals surface area contributed by atoms with E-state index in [9.17, 15) is 53.1 Å². The average Bonchev–Trinajstić information content (AvgIpc) is 3.58. The van der Waals surface area contributed by atoms with Crippen LogP contribution in [0.15, 0.2) is 54.6 Å². The summed E-state index contributed by atoms with van der Waals surface area (Å²) in [6.45, 7) is 1.58. The minimum atomic E-state index is -1.34. The number of nitrogens with zero attached hydrogens (tertiary/aromatic N) is 1. The molecule has 0 bridgehead atoms. The van der Waals surface area contributed by atoms with Crippen LogP contribution in [-0.4, -0.2) is 173 Å². The van der Waals surface area contributed by atoms with E-state index in [1.165, 1.54) is 38.3 Å². The number of hydrogen-bond donors (Lipinski definition) is 8. The number of ether oxygens (including phenoxy) is 5. The molecule has 0 aromatic heterocycles. The number of benzene rings is 2.